The molecule has 0 radical (unpaired) electrons. The zero-order chi connectivity index (χ0) is 18.1. The third kappa shape index (κ3) is 3.29. The molecule has 3 aromatic carbocycles. The van der Waals surface area contributed by atoms with Crippen LogP contribution in [0.1, 0.15) is 10.4 Å². The third-order valence-corrected chi connectivity index (χ3v) is 4.44. The van der Waals surface area contributed by atoms with Gasteiger partial charge in [-0.15, -0.1) is 0 Å². The number of hydrogen-bond acceptors (Lipinski definition) is 3. The van der Waals surface area contributed by atoms with Crippen molar-refractivity contribution in [2.45, 2.75) is 0 Å². The van der Waals surface area contributed by atoms with Gasteiger partial charge in [0.15, 0.2) is 5.58 Å². The second-order valence-electron chi connectivity index (χ2n) is 5.64. The Labute approximate surface area is 159 Å². The van der Waals surface area contributed by atoms with E-state index in [1.54, 1.807) is 48.5 Å². The molecule has 1 heterocycles. The second-order valence-corrected chi connectivity index (χ2v) is 6.49. The summed E-state index contributed by atoms with van der Waals surface area (Å²) in [6.45, 7) is 0. The molecule has 0 aliphatic carbocycles. The van der Waals surface area contributed by atoms with E-state index < -0.39 is 0 Å². The Hall–Kier alpha value is -2.82. The van der Waals surface area contributed by atoms with Gasteiger partial charge in [-0.2, -0.15) is 0 Å². The fourth-order valence-electron chi connectivity index (χ4n) is 2.56. The molecule has 0 saturated carbocycles. The molecule has 0 fully saturated rings. The largest absolute Gasteiger partial charge is 0.436 e. The smallest absolute Gasteiger partial charge is 0.255 e. The molecule has 26 heavy (non-hydrogen) atoms. The van der Waals surface area contributed by atoms with Crippen molar-refractivity contribution in [1.29, 1.82) is 0 Å². The van der Waals surface area contributed by atoms with Gasteiger partial charge in [-0.3, -0.25) is 4.79 Å². The molecule has 4 aromatic rings. The molecule has 0 aliphatic heterocycles. The van der Waals surface area contributed by atoms with E-state index in [-0.39, 0.29) is 5.91 Å². The van der Waals surface area contributed by atoms with E-state index in [9.17, 15) is 4.79 Å². The Bertz CT molecular complexity index is 1100. The summed E-state index contributed by atoms with van der Waals surface area (Å²) in [5.74, 6) is 0.211. The molecule has 1 amide bonds. The van der Waals surface area contributed by atoms with Gasteiger partial charge in [-0.05, 0) is 54.6 Å². The van der Waals surface area contributed by atoms with Gasteiger partial charge in [0.1, 0.15) is 5.52 Å². The number of benzene rings is 3. The van der Waals surface area contributed by atoms with Crippen LogP contribution in [0.5, 0.6) is 0 Å². The highest BCUT2D eigenvalue weighted by atomic mass is 35.5. The Morgan fingerprint density at radius 2 is 1.73 bits per heavy atom. The molecular formula is C20H12Cl2N2O2. The van der Waals surface area contributed by atoms with E-state index in [1.807, 2.05) is 18.2 Å². The van der Waals surface area contributed by atoms with Crippen LogP contribution in [0.3, 0.4) is 0 Å². The predicted octanol–water partition coefficient (Wildman–Crippen LogP) is 6.05. The van der Waals surface area contributed by atoms with E-state index in [2.05, 4.69) is 10.3 Å². The fourth-order valence-corrected chi connectivity index (χ4v) is 2.90. The van der Waals surface area contributed by atoms with E-state index in [0.717, 1.165) is 5.56 Å². The van der Waals surface area contributed by atoms with Gasteiger partial charge in [0.2, 0.25) is 5.89 Å². The summed E-state index contributed by atoms with van der Waals surface area (Å²) >= 11 is 12.0. The summed E-state index contributed by atoms with van der Waals surface area (Å²) in [5.41, 5.74) is 3.11. The maximum atomic E-state index is 12.3. The van der Waals surface area contributed by atoms with Crippen molar-refractivity contribution in [1.82, 2.24) is 4.98 Å². The van der Waals surface area contributed by atoms with Crippen LogP contribution in [0, 0.1) is 0 Å². The lowest BCUT2D eigenvalue weighted by Gasteiger charge is -2.05. The first-order chi connectivity index (χ1) is 12.6. The van der Waals surface area contributed by atoms with Crippen molar-refractivity contribution in [3.05, 3.63) is 82.3 Å². The molecule has 0 unspecified atom stereocenters. The molecule has 4 nitrogen and oxygen atoms in total. The van der Waals surface area contributed by atoms with Crippen molar-refractivity contribution in [2.75, 3.05) is 5.32 Å². The quantitative estimate of drug-likeness (QED) is 0.468. The molecule has 0 aliphatic rings. The van der Waals surface area contributed by atoms with Crippen molar-refractivity contribution in [3.63, 3.8) is 0 Å². The highest BCUT2D eigenvalue weighted by Crippen LogP contribution is 2.30. The maximum Gasteiger partial charge on any atom is 0.255 e. The van der Waals surface area contributed by atoms with Crippen LogP contribution in [0.2, 0.25) is 10.0 Å². The van der Waals surface area contributed by atoms with Crippen LogP contribution in [0.25, 0.3) is 22.6 Å². The van der Waals surface area contributed by atoms with Crippen LogP contribution >= 0.6 is 23.2 Å². The number of hydrogen-bond donors (Lipinski definition) is 1. The maximum absolute atomic E-state index is 12.3. The third-order valence-electron chi connectivity index (χ3n) is 3.86. The number of rotatable bonds is 3. The Kier molecular flexibility index (Phi) is 4.37. The van der Waals surface area contributed by atoms with Gasteiger partial charge in [-0.25, -0.2) is 4.98 Å². The Balaban J connectivity index is 1.62. The summed E-state index contributed by atoms with van der Waals surface area (Å²) in [7, 11) is 0. The van der Waals surface area contributed by atoms with Gasteiger partial charge in [0.25, 0.3) is 5.91 Å². The summed E-state index contributed by atoms with van der Waals surface area (Å²) < 4.78 is 5.77. The first-order valence-electron chi connectivity index (χ1n) is 7.82. The number of amides is 1. The highest BCUT2D eigenvalue weighted by molar-refractivity contribution is 6.33. The second kappa shape index (κ2) is 6.83. The molecule has 1 N–H and O–H groups in total. The number of oxazole rings is 1. The summed E-state index contributed by atoms with van der Waals surface area (Å²) in [6, 6.07) is 19.3. The minimum absolute atomic E-state index is 0.226. The predicted molar refractivity (Wildman–Crippen MR) is 104 cm³/mol. The lowest BCUT2D eigenvalue weighted by molar-refractivity contribution is 0.102. The highest BCUT2D eigenvalue weighted by Gasteiger charge is 2.12. The van der Waals surface area contributed by atoms with E-state index in [1.165, 1.54) is 0 Å². The molecule has 1 aromatic heterocycles. The lowest BCUT2D eigenvalue weighted by Crippen LogP contribution is -2.11. The summed E-state index contributed by atoms with van der Waals surface area (Å²) in [4.78, 5) is 16.8. The molecule has 0 bridgehead atoms. The van der Waals surface area contributed by atoms with Crippen LogP contribution in [-0.2, 0) is 0 Å². The van der Waals surface area contributed by atoms with Gasteiger partial charge in [0.05, 0.1) is 10.6 Å². The molecule has 6 heteroatoms. The van der Waals surface area contributed by atoms with Crippen molar-refractivity contribution in [2.24, 2.45) is 0 Å². The zero-order valence-corrected chi connectivity index (χ0v) is 14.9. The van der Waals surface area contributed by atoms with Crippen molar-refractivity contribution in [3.8, 4) is 11.5 Å². The Morgan fingerprint density at radius 3 is 2.50 bits per heavy atom. The molecule has 4 rings (SSSR count). The van der Waals surface area contributed by atoms with Gasteiger partial charge < -0.3 is 9.73 Å². The van der Waals surface area contributed by atoms with Crippen molar-refractivity contribution >= 4 is 45.9 Å². The number of carbonyl (C=O) groups is 1. The summed E-state index contributed by atoms with van der Waals surface area (Å²) in [5, 5.41) is 3.99. The normalized spacial score (nSPS) is 10.8. The molecule has 128 valence electrons. The number of carbonyl (C=O) groups excluding carboxylic acids is 1. The number of nitrogens with one attached hydrogen (secondary N) is 1. The zero-order valence-electron chi connectivity index (χ0n) is 13.4. The minimum Gasteiger partial charge on any atom is -0.436 e. The molecule has 0 saturated heterocycles. The monoisotopic (exact) mass is 382 g/mol. The number of anilines is 1. The van der Waals surface area contributed by atoms with E-state index in [0.29, 0.717) is 38.3 Å². The van der Waals surface area contributed by atoms with Crippen LogP contribution in [-0.4, -0.2) is 10.9 Å². The number of fused-ring (bicyclic) bond motifs is 1. The first kappa shape index (κ1) is 16.6. The average molecular weight is 383 g/mol. The molecular weight excluding hydrogens is 371 g/mol. The Morgan fingerprint density at radius 1 is 0.962 bits per heavy atom. The van der Waals surface area contributed by atoms with Gasteiger partial charge >= 0.3 is 0 Å². The first-order valence-corrected chi connectivity index (χ1v) is 8.58. The van der Waals surface area contributed by atoms with Crippen molar-refractivity contribution < 1.29 is 9.21 Å². The standard InChI is InChI=1S/C20H12Cl2N2O2/c21-13-7-5-12(6-8-13)19(25)23-14-9-10-18-17(11-14)24-20(26-18)15-3-1-2-4-16(15)22/h1-11H,(H,23,25). The van der Waals surface area contributed by atoms with Crippen LogP contribution in [0.4, 0.5) is 5.69 Å². The van der Waals surface area contributed by atoms with Crippen LogP contribution < -0.4 is 5.32 Å². The number of nitrogens with zero attached hydrogens (tertiary/aromatic N) is 1. The number of halogens is 2. The van der Waals surface area contributed by atoms with Gasteiger partial charge in [-0.1, -0.05) is 35.3 Å². The SMILES string of the molecule is O=C(Nc1ccc2oc(-c3ccccc3Cl)nc2c1)c1ccc(Cl)cc1. The van der Waals surface area contributed by atoms with E-state index >= 15 is 0 Å². The topological polar surface area (TPSA) is 55.1 Å². The summed E-state index contributed by atoms with van der Waals surface area (Å²) in [6.07, 6.45) is 0. The fraction of sp³-hybridized carbons (Fsp3) is 0. The van der Waals surface area contributed by atoms with E-state index in [4.69, 9.17) is 27.6 Å². The number of aromatic nitrogens is 1. The molecule has 0 spiro atoms. The lowest BCUT2D eigenvalue weighted by atomic mass is 10.2. The van der Waals surface area contributed by atoms with Gasteiger partial charge in [0, 0.05) is 16.3 Å². The average Bonchev–Trinajstić information content (AvgIpc) is 3.05. The molecule has 0 atom stereocenters. The van der Waals surface area contributed by atoms with Crippen LogP contribution in [0.15, 0.2) is 71.1 Å². The minimum atomic E-state index is -0.226.